The first-order valence-electron chi connectivity index (χ1n) is 9.00. The van der Waals surface area contributed by atoms with Gasteiger partial charge in [-0.05, 0) is 39.0 Å². The van der Waals surface area contributed by atoms with E-state index in [0.29, 0.717) is 24.5 Å². The largest absolute Gasteiger partial charge is 0.352 e. The van der Waals surface area contributed by atoms with Gasteiger partial charge in [-0.15, -0.1) is 0 Å². The van der Waals surface area contributed by atoms with Gasteiger partial charge in [0.1, 0.15) is 0 Å². The molecule has 132 valence electrons. The number of aliphatic imine (C=N–C) groups is 1. The lowest BCUT2D eigenvalue weighted by atomic mass is 10.1. The number of nitrogens with zero attached hydrogens (tertiary/aromatic N) is 3. The smallest absolute Gasteiger partial charge is 0.241 e. The number of piperidine rings is 1. The Morgan fingerprint density at radius 1 is 1.22 bits per heavy atom. The predicted molar refractivity (Wildman–Crippen MR) is 94.6 cm³/mol. The van der Waals surface area contributed by atoms with Crippen LogP contribution in [0, 0.1) is 5.92 Å². The molecule has 0 aliphatic carbocycles. The first-order valence-corrected chi connectivity index (χ1v) is 9.00. The summed E-state index contributed by atoms with van der Waals surface area (Å²) in [4.78, 5) is 21.0. The highest BCUT2D eigenvalue weighted by Crippen LogP contribution is 2.18. The first-order chi connectivity index (χ1) is 11.0. The lowest BCUT2D eigenvalue weighted by molar-refractivity contribution is -0.130. The van der Waals surface area contributed by atoms with Crippen molar-refractivity contribution in [2.24, 2.45) is 10.9 Å². The van der Waals surface area contributed by atoms with Gasteiger partial charge in [-0.3, -0.25) is 14.7 Å². The Balaban J connectivity index is 1.78. The molecular formula is C17H33N5O. The van der Waals surface area contributed by atoms with Crippen molar-refractivity contribution >= 4 is 11.9 Å². The van der Waals surface area contributed by atoms with E-state index in [1.165, 1.54) is 6.42 Å². The maximum Gasteiger partial charge on any atom is 0.241 e. The number of guanidine groups is 1. The quantitative estimate of drug-likeness (QED) is 0.596. The summed E-state index contributed by atoms with van der Waals surface area (Å²) in [6, 6.07) is 0.952. The van der Waals surface area contributed by atoms with E-state index in [-0.39, 0.29) is 5.91 Å². The van der Waals surface area contributed by atoms with Crippen LogP contribution in [-0.2, 0) is 4.79 Å². The number of hydrogen-bond acceptors (Lipinski definition) is 3. The topological polar surface area (TPSA) is 60.0 Å². The van der Waals surface area contributed by atoms with Crippen LogP contribution < -0.4 is 10.6 Å². The van der Waals surface area contributed by atoms with Crippen molar-refractivity contribution in [3.05, 3.63) is 0 Å². The molecule has 23 heavy (non-hydrogen) atoms. The van der Waals surface area contributed by atoms with E-state index in [1.54, 1.807) is 7.05 Å². The van der Waals surface area contributed by atoms with Crippen LogP contribution in [0.5, 0.6) is 0 Å². The number of nitrogens with one attached hydrogen (secondary N) is 2. The molecule has 0 aromatic rings. The molecule has 2 saturated heterocycles. The average molecular weight is 323 g/mol. The third-order valence-corrected chi connectivity index (χ3v) is 5.03. The van der Waals surface area contributed by atoms with E-state index in [2.05, 4.69) is 41.3 Å². The molecule has 1 amide bonds. The molecule has 0 saturated carbocycles. The van der Waals surface area contributed by atoms with E-state index in [4.69, 9.17) is 0 Å². The maximum atomic E-state index is 12.2. The fourth-order valence-corrected chi connectivity index (χ4v) is 3.40. The number of amides is 1. The van der Waals surface area contributed by atoms with Gasteiger partial charge in [0.15, 0.2) is 5.96 Å². The molecule has 0 bridgehead atoms. The molecular weight excluding hydrogens is 290 g/mol. The molecule has 2 aliphatic heterocycles. The van der Waals surface area contributed by atoms with Gasteiger partial charge < -0.3 is 15.5 Å². The molecule has 2 fully saturated rings. The molecule has 2 unspecified atom stereocenters. The van der Waals surface area contributed by atoms with Gasteiger partial charge in [-0.1, -0.05) is 6.92 Å². The monoisotopic (exact) mass is 323 g/mol. The molecule has 2 aliphatic rings. The van der Waals surface area contributed by atoms with Crippen LogP contribution in [0.4, 0.5) is 0 Å². The minimum atomic E-state index is 0.177. The fraction of sp³-hybridized carbons (Fsp3) is 0.882. The summed E-state index contributed by atoms with van der Waals surface area (Å²) in [7, 11) is 1.76. The lowest BCUT2D eigenvalue weighted by Crippen LogP contribution is -2.50. The van der Waals surface area contributed by atoms with Gasteiger partial charge in [0.25, 0.3) is 0 Å². The third kappa shape index (κ3) is 5.09. The summed E-state index contributed by atoms with van der Waals surface area (Å²) < 4.78 is 0. The van der Waals surface area contributed by atoms with Crippen molar-refractivity contribution in [2.75, 3.05) is 39.8 Å². The standard InChI is InChI=1S/C17H33N5O/c1-13(2)22-11-14(3)15(12-22)20-17(18-4)19-10-16(23)21-8-6-5-7-9-21/h13-15H,5-12H2,1-4H3,(H2,18,19,20). The number of carbonyl (C=O) groups excluding carboxylic acids is 1. The van der Waals surface area contributed by atoms with Crippen LogP contribution in [0.2, 0.25) is 0 Å². The van der Waals surface area contributed by atoms with Crippen LogP contribution in [0.25, 0.3) is 0 Å². The molecule has 0 aromatic heterocycles. The van der Waals surface area contributed by atoms with E-state index < -0.39 is 0 Å². The predicted octanol–water partition coefficient (Wildman–Crippen LogP) is 0.893. The van der Waals surface area contributed by atoms with E-state index in [9.17, 15) is 4.79 Å². The molecule has 2 heterocycles. The zero-order valence-electron chi connectivity index (χ0n) is 15.1. The molecule has 6 nitrogen and oxygen atoms in total. The Morgan fingerprint density at radius 2 is 1.91 bits per heavy atom. The van der Waals surface area contributed by atoms with Gasteiger partial charge in [0, 0.05) is 45.3 Å². The number of likely N-dealkylation sites (tertiary alicyclic amines) is 2. The number of hydrogen-bond donors (Lipinski definition) is 2. The minimum absolute atomic E-state index is 0.177. The summed E-state index contributed by atoms with van der Waals surface area (Å²) in [5.41, 5.74) is 0. The Kier molecular flexibility index (Phi) is 6.69. The van der Waals surface area contributed by atoms with Crippen molar-refractivity contribution in [1.82, 2.24) is 20.4 Å². The van der Waals surface area contributed by atoms with Crippen LogP contribution in [0.15, 0.2) is 4.99 Å². The molecule has 0 aromatic carbocycles. The van der Waals surface area contributed by atoms with Crippen LogP contribution >= 0.6 is 0 Å². The normalized spacial score (nSPS) is 26.7. The molecule has 2 N–H and O–H groups in total. The van der Waals surface area contributed by atoms with Gasteiger partial charge in [0.2, 0.25) is 5.91 Å². The zero-order chi connectivity index (χ0) is 16.8. The zero-order valence-corrected chi connectivity index (χ0v) is 15.1. The van der Waals surface area contributed by atoms with Crippen LogP contribution in [-0.4, -0.2) is 73.5 Å². The maximum absolute atomic E-state index is 12.2. The molecule has 0 radical (unpaired) electrons. The second-order valence-corrected chi connectivity index (χ2v) is 7.14. The Hall–Kier alpha value is -1.30. The second-order valence-electron chi connectivity index (χ2n) is 7.14. The van der Waals surface area contributed by atoms with Crippen LogP contribution in [0.1, 0.15) is 40.0 Å². The SMILES string of the molecule is CN=C(NCC(=O)N1CCCCC1)NC1CN(C(C)C)CC1C. The van der Waals surface area contributed by atoms with Crippen LogP contribution in [0.3, 0.4) is 0 Å². The van der Waals surface area contributed by atoms with Gasteiger partial charge in [0.05, 0.1) is 6.54 Å². The molecule has 2 rings (SSSR count). The second kappa shape index (κ2) is 8.52. The highest BCUT2D eigenvalue weighted by molar-refractivity contribution is 5.86. The average Bonchev–Trinajstić information content (AvgIpc) is 2.93. The van der Waals surface area contributed by atoms with Crippen molar-refractivity contribution in [2.45, 2.75) is 52.1 Å². The van der Waals surface area contributed by atoms with E-state index in [0.717, 1.165) is 45.0 Å². The fourth-order valence-electron chi connectivity index (χ4n) is 3.40. The van der Waals surface area contributed by atoms with Gasteiger partial charge in [-0.2, -0.15) is 0 Å². The highest BCUT2D eigenvalue weighted by atomic mass is 16.2. The van der Waals surface area contributed by atoms with E-state index >= 15 is 0 Å². The minimum Gasteiger partial charge on any atom is -0.352 e. The van der Waals surface area contributed by atoms with Crippen molar-refractivity contribution < 1.29 is 4.79 Å². The number of rotatable bonds is 4. The Bertz CT molecular complexity index is 417. The summed E-state index contributed by atoms with van der Waals surface area (Å²) >= 11 is 0. The number of carbonyl (C=O) groups is 1. The van der Waals surface area contributed by atoms with Gasteiger partial charge in [-0.25, -0.2) is 0 Å². The first kappa shape index (κ1) is 18.0. The summed E-state index contributed by atoms with van der Waals surface area (Å²) in [5, 5.41) is 6.67. The Morgan fingerprint density at radius 3 is 2.48 bits per heavy atom. The molecule has 2 atom stereocenters. The van der Waals surface area contributed by atoms with Crippen molar-refractivity contribution in [3.8, 4) is 0 Å². The van der Waals surface area contributed by atoms with Gasteiger partial charge >= 0.3 is 0 Å². The lowest BCUT2D eigenvalue weighted by Gasteiger charge is -2.27. The van der Waals surface area contributed by atoms with Crippen molar-refractivity contribution in [1.29, 1.82) is 0 Å². The summed E-state index contributed by atoms with van der Waals surface area (Å²) in [6.07, 6.45) is 3.50. The highest BCUT2D eigenvalue weighted by Gasteiger charge is 2.31. The summed E-state index contributed by atoms with van der Waals surface area (Å²) in [5.74, 6) is 1.49. The molecule has 6 heteroatoms. The Labute approximate surface area is 140 Å². The molecule has 0 spiro atoms. The van der Waals surface area contributed by atoms with Crippen molar-refractivity contribution in [3.63, 3.8) is 0 Å². The van der Waals surface area contributed by atoms with E-state index in [1.807, 2.05) is 4.90 Å². The summed E-state index contributed by atoms with van der Waals surface area (Å²) in [6.45, 7) is 11.0. The third-order valence-electron chi connectivity index (χ3n) is 5.03.